The van der Waals surface area contributed by atoms with Crippen LogP contribution in [0.1, 0.15) is 88.7 Å². The minimum Gasteiger partial charge on any atom is -0.497 e. The summed E-state index contributed by atoms with van der Waals surface area (Å²) in [6, 6.07) is 8.63. The van der Waals surface area contributed by atoms with Crippen molar-refractivity contribution in [3.8, 4) is 5.75 Å². The Morgan fingerprint density at radius 3 is 2.27 bits per heavy atom. The highest BCUT2D eigenvalue weighted by atomic mass is 16.5. The molecule has 1 unspecified atom stereocenters. The van der Waals surface area contributed by atoms with Crippen LogP contribution in [0.25, 0.3) is 10.9 Å². The first kappa shape index (κ1) is 41.3. The van der Waals surface area contributed by atoms with E-state index in [-0.39, 0.29) is 37.3 Å². The number of aromatic nitrogens is 1. The number of ether oxygens (including phenoxy) is 1. The lowest BCUT2D eigenvalue weighted by molar-refractivity contribution is -0.150. The van der Waals surface area contributed by atoms with Gasteiger partial charge in [0.15, 0.2) is 0 Å². The van der Waals surface area contributed by atoms with Crippen molar-refractivity contribution in [1.29, 1.82) is 0 Å². The number of amides is 6. The van der Waals surface area contributed by atoms with Crippen LogP contribution in [-0.2, 0) is 41.6 Å². The Bertz CT molecular complexity index is 2110. The first-order valence-corrected chi connectivity index (χ1v) is 21.8. The molecule has 0 radical (unpaired) electrons. The highest BCUT2D eigenvalue weighted by Gasteiger charge is 2.52. The van der Waals surface area contributed by atoms with Crippen molar-refractivity contribution in [3.63, 3.8) is 0 Å². The molecule has 2 saturated carbocycles. The Balaban J connectivity index is 1.19. The zero-order chi connectivity index (χ0) is 42.1. The second-order valence-corrected chi connectivity index (χ2v) is 17.6. The normalized spacial score (nSPS) is 29.5. The van der Waals surface area contributed by atoms with Gasteiger partial charge >= 0.3 is 0 Å². The number of hydrogen-bond acceptors (Lipinski definition) is 8. The summed E-state index contributed by atoms with van der Waals surface area (Å²) in [5, 5.41) is 12.9. The van der Waals surface area contributed by atoms with Crippen molar-refractivity contribution >= 4 is 46.3 Å². The van der Waals surface area contributed by atoms with Gasteiger partial charge in [0.05, 0.1) is 7.11 Å². The van der Waals surface area contributed by atoms with E-state index in [2.05, 4.69) is 26.3 Å². The second kappa shape index (κ2) is 17.3. The van der Waals surface area contributed by atoms with E-state index in [0.29, 0.717) is 50.7 Å². The quantitative estimate of drug-likeness (QED) is 0.217. The fraction of sp³-hybridized carbons (Fsp3) is 0.556. The molecule has 1 aromatic heterocycles. The van der Waals surface area contributed by atoms with Crippen LogP contribution in [-0.4, -0.2) is 112 Å². The molecule has 2 aromatic carbocycles. The van der Waals surface area contributed by atoms with Gasteiger partial charge < -0.3 is 46.5 Å². The van der Waals surface area contributed by atoms with E-state index in [1.807, 2.05) is 30.5 Å². The summed E-state index contributed by atoms with van der Waals surface area (Å²) in [6.07, 6.45) is 8.91. The van der Waals surface area contributed by atoms with Crippen molar-refractivity contribution in [1.82, 2.24) is 36.1 Å². The van der Waals surface area contributed by atoms with E-state index in [1.54, 1.807) is 43.2 Å². The third kappa shape index (κ3) is 8.07. The number of aromatic amines is 1. The largest absolute Gasteiger partial charge is 0.497 e. The van der Waals surface area contributed by atoms with Gasteiger partial charge in [0.25, 0.3) is 0 Å². The van der Waals surface area contributed by atoms with Gasteiger partial charge in [0.2, 0.25) is 35.4 Å². The highest BCUT2D eigenvalue weighted by Crippen LogP contribution is 2.41. The lowest BCUT2D eigenvalue weighted by Crippen LogP contribution is -2.66. The Morgan fingerprint density at radius 1 is 0.783 bits per heavy atom. The van der Waals surface area contributed by atoms with Crippen LogP contribution < -0.4 is 31.7 Å². The summed E-state index contributed by atoms with van der Waals surface area (Å²) < 4.78 is 5.33. The molecular weight excluding hydrogens is 765 g/mol. The van der Waals surface area contributed by atoms with Crippen LogP contribution in [0.3, 0.4) is 0 Å². The molecule has 6 amide bonds. The highest BCUT2D eigenvalue weighted by molar-refractivity contribution is 6.00. The minimum absolute atomic E-state index is 0.0639. The fourth-order valence-corrected chi connectivity index (χ4v) is 10.5. The van der Waals surface area contributed by atoms with E-state index in [4.69, 9.17) is 10.5 Å². The Hall–Kier alpha value is -5.44. The SMILES string of the molecule is COc1ccc(C[C@@H]2NC(=O)C3(CCCC3)NC(=O)[C@H](Cc3c[nH]c4ccccc34)NC(=O)[C@@H]3C[C@@H]4CCCC[C@@H]4N3C(=O)[C@H]3CCCN3C(=O)[C@H](C(C)N)NC2=O)cc1. The number of carbonyl (C=O) groups excluding carboxylic acids is 6. The van der Waals surface area contributed by atoms with E-state index in [0.717, 1.165) is 47.7 Å². The zero-order valence-corrected chi connectivity index (χ0v) is 34.5. The Morgan fingerprint density at radius 2 is 1.52 bits per heavy atom. The molecule has 8 atom stereocenters. The molecule has 15 heteroatoms. The lowest BCUT2D eigenvalue weighted by atomic mass is 9.84. The molecule has 0 bridgehead atoms. The second-order valence-electron chi connectivity index (χ2n) is 17.6. The molecule has 3 aromatic rings. The number of carbonyl (C=O) groups is 6. The summed E-state index contributed by atoms with van der Waals surface area (Å²) in [5.74, 6) is -2.16. The molecule has 8 rings (SSSR count). The van der Waals surface area contributed by atoms with Crippen molar-refractivity contribution in [2.45, 2.75) is 138 Å². The molecule has 5 fully saturated rings. The number of nitrogens with zero attached hydrogens (tertiary/aromatic N) is 2. The first-order chi connectivity index (χ1) is 29.0. The third-order valence-corrected chi connectivity index (χ3v) is 13.8. The monoisotopic (exact) mass is 822 g/mol. The van der Waals surface area contributed by atoms with Crippen molar-refractivity contribution < 1.29 is 33.5 Å². The Kier molecular flexibility index (Phi) is 11.9. The van der Waals surface area contributed by atoms with Crippen LogP contribution in [0.2, 0.25) is 0 Å². The van der Waals surface area contributed by atoms with Crippen molar-refractivity contribution in [3.05, 3.63) is 65.9 Å². The van der Waals surface area contributed by atoms with Gasteiger partial charge in [-0.05, 0) is 87.1 Å². The fourth-order valence-electron chi connectivity index (χ4n) is 10.5. The van der Waals surface area contributed by atoms with Crippen LogP contribution in [0.5, 0.6) is 5.75 Å². The van der Waals surface area contributed by atoms with Crippen LogP contribution in [0.4, 0.5) is 0 Å². The standard InChI is InChI=1S/C45H58N8O7/c1-26(46)38-43(58)52-21-9-14-36(52)42(57)53-35-13-6-3-10-28(35)24-37(53)41(56)48-34(23-29-25-47-32-12-5-4-11-31(29)32)40(55)51-45(19-7-8-20-45)44(59)49-33(39(54)50-38)22-27-15-17-30(60-2)18-16-27/h4-5,11-12,15-18,25-26,28,33-38,47H,3,6-10,13-14,19-24,46H2,1-2H3,(H,48,56)(H,49,59)(H,50,54)(H,51,55)/t26?,28-,33-,34-,35-,36+,37-,38-/m0/s1. The maximum atomic E-state index is 14.9. The molecule has 15 nitrogen and oxygen atoms in total. The van der Waals surface area contributed by atoms with Crippen LogP contribution in [0, 0.1) is 5.92 Å². The molecule has 60 heavy (non-hydrogen) atoms. The summed E-state index contributed by atoms with van der Waals surface area (Å²) in [4.78, 5) is 94.7. The lowest BCUT2D eigenvalue weighted by Gasteiger charge is -2.38. The number of rotatable bonds is 6. The van der Waals surface area contributed by atoms with Gasteiger partial charge in [-0.2, -0.15) is 0 Å². The number of H-pyrrole nitrogens is 1. The van der Waals surface area contributed by atoms with Crippen molar-refractivity contribution in [2.75, 3.05) is 13.7 Å². The molecular formula is C45H58N8O7. The number of hydrogen-bond donors (Lipinski definition) is 6. The molecule has 3 saturated heterocycles. The number of fused-ring (bicyclic) bond motifs is 5. The smallest absolute Gasteiger partial charge is 0.247 e. The number of para-hydroxylation sites is 1. The molecule has 320 valence electrons. The molecule has 3 aliphatic heterocycles. The molecule has 7 N–H and O–H groups in total. The van der Waals surface area contributed by atoms with Crippen molar-refractivity contribution in [2.24, 2.45) is 11.7 Å². The van der Waals surface area contributed by atoms with Crippen LogP contribution >= 0.6 is 0 Å². The topological polar surface area (TPSA) is 208 Å². The van der Waals surface area contributed by atoms with Gasteiger partial charge in [-0.1, -0.05) is 56.0 Å². The number of nitrogens with one attached hydrogen (secondary N) is 5. The van der Waals surface area contributed by atoms with Gasteiger partial charge in [-0.25, -0.2) is 0 Å². The molecule has 4 heterocycles. The van der Waals surface area contributed by atoms with Crippen LogP contribution in [0.15, 0.2) is 54.7 Å². The predicted octanol–water partition coefficient (Wildman–Crippen LogP) is 2.36. The van der Waals surface area contributed by atoms with Gasteiger partial charge in [0.1, 0.15) is 41.5 Å². The summed E-state index contributed by atoms with van der Waals surface area (Å²) in [7, 11) is 1.56. The van der Waals surface area contributed by atoms with Gasteiger partial charge in [0, 0.05) is 48.6 Å². The van der Waals surface area contributed by atoms with Gasteiger partial charge in [-0.3, -0.25) is 28.8 Å². The summed E-state index contributed by atoms with van der Waals surface area (Å²) >= 11 is 0. The van der Waals surface area contributed by atoms with Gasteiger partial charge in [-0.15, -0.1) is 0 Å². The Labute approximate surface area is 350 Å². The summed E-state index contributed by atoms with van der Waals surface area (Å²) in [6.45, 7) is 1.91. The minimum atomic E-state index is -1.38. The molecule has 5 aliphatic rings. The summed E-state index contributed by atoms with van der Waals surface area (Å²) in [5.41, 5.74) is 7.48. The van der Waals surface area contributed by atoms with E-state index in [9.17, 15) is 28.8 Å². The third-order valence-electron chi connectivity index (χ3n) is 13.8. The zero-order valence-electron chi connectivity index (χ0n) is 34.5. The van der Waals surface area contributed by atoms with E-state index < -0.39 is 71.3 Å². The maximum Gasteiger partial charge on any atom is 0.247 e. The number of benzene rings is 2. The maximum absolute atomic E-state index is 14.9. The number of methoxy groups -OCH3 is 1. The number of nitrogens with two attached hydrogens (primary N) is 1. The average Bonchev–Trinajstić information content (AvgIpc) is 4.08. The predicted molar refractivity (Wildman–Crippen MR) is 223 cm³/mol. The molecule has 2 aliphatic carbocycles. The van der Waals surface area contributed by atoms with E-state index >= 15 is 0 Å². The van der Waals surface area contributed by atoms with E-state index in [1.165, 1.54) is 4.90 Å². The average molecular weight is 823 g/mol. The first-order valence-electron chi connectivity index (χ1n) is 21.8. The molecule has 1 spiro atoms.